The van der Waals surface area contributed by atoms with Crippen LogP contribution in [0.15, 0.2) is 0 Å². The van der Waals surface area contributed by atoms with Gasteiger partial charge in [-0.1, -0.05) is 0 Å². The van der Waals surface area contributed by atoms with Gasteiger partial charge < -0.3 is 15.6 Å². The molecule has 16 heavy (non-hydrogen) atoms. The summed E-state index contributed by atoms with van der Waals surface area (Å²) in [6.45, 7) is 2.92. The van der Waals surface area contributed by atoms with Crippen LogP contribution < -0.4 is 5.73 Å². The number of hydrogen-bond donors (Lipinski definition) is 2. The monoisotopic (exact) mass is 245 g/mol. The van der Waals surface area contributed by atoms with Crippen molar-refractivity contribution in [2.24, 2.45) is 5.73 Å². The first-order valence-corrected chi connectivity index (χ1v) is 6.75. The maximum absolute atomic E-state index is 11.0. The fraction of sp³-hybridized carbons (Fsp3) is 0.909. The molecule has 1 aliphatic carbocycles. The maximum atomic E-state index is 11.0. The van der Waals surface area contributed by atoms with Crippen molar-refractivity contribution in [2.75, 3.05) is 6.61 Å². The quantitative estimate of drug-likeness (QED) is 0.782. The molecule has 92 valence electrons. The highest BCUT2D eigenvalue weighted by atomic mass is 32.2. The molecule has 2 rings (SSSR count). The van der Waals surface area contributed by atoms with Gasteiger partial charge in [-0.15, -0.1) is 0 Å². The van der Waals surface area contributed by atoms with E-state index in [9.17, 15) is 4.79 Å². The first-order valence-electron chi connectivity index (χ1n) is 5.80. The molecule has 1 saturated carbocycles. The third-order valence-electron chi connectivity index (χ3n) is 3.60. The summed E-state index contributed by atoms with van der Waals surface area (Å²) in [4.78, 5) is 11.0. The summed E-state index contributed by atoms with van der Waals surface area (Å²) in [7, 11) is 0. The number of thioether (sulfide) groups is 1. The molecule has 4 atom stereocenters. The Hall–Kier alpha value is -0.260. The van der Waals surface area contributed by atoms with Crippen LogP contribution in [0.2, 0.25) is 0 Å². The molecule has 0 aromatic carbocycles. The topological polar surface area (TPSA) is 72.5 Å². The highest BCUT2D eigenvalue weighted by molar-refractivity contribution is 8.00. The lowest BCUT2D eigenvalue weighted by Gasteiger charge is -2.20. The van der Waals surface area contributed by atoms with E-state index in [4.69, 9.17) is 15.6 Å². The molecule has 0 amide bonds. The van der Waals surface area contributed by atoms with E-state index in [1.54, 1.807) is 0 Å². The van der Waals surface area contributed by atoms with E-state index in [1.807, 2.05) is 11.8 Å². The van der Waals surface area contributed by atoms with Crippen molar-refractivity contribution in [1.29, 1.82) is 0 Å². The minimum Gasteiger partial charge on any atom is -0.480 e. The molecule has 4 nitrogen and oxygen atoms in total. The number of rotatable bonds is 3. The molecular weight excluding hydrogens is 226 g/mol. The molecule has 0 aromatic rings. The summed E-state index contributed by atoms with van der Waals surface area (Å²) in [5.41, 5.74) is 4.87. The Balaban J connectivity index is 1.87. The van der Waals surface area contributed by atoms with Crippen molar-refractivity contribution in [1.82, 2.24) is 0 Å². The van der Waals surface area contributed by atoms with Crippen molar-refractivity contribution in [3.8, 4) is 0 Å². The van der Waals surface area contributed by atoms with Gasteiger partial charge in [0, 0.05) is 17.1 Å². The lowest BCUT2D eigenvalue weighted by atomic mass is 10.0. The zero-order chi connectivity index (χ0) is 11.8. The Morgan fingerprint density at radius 2 is 2.31 bits per heavy atom. The molecule has 0 aromatic heterocycles. The molecule has 2 fully saturated rings. The van der Waals surface area contributed by atoms with E-state index in [0.717, 1.165) is 19.4 Å². The van der Waals surface area contributed by atoms with Gasteiger partial charge >= 0.3 is 5.97 Å². The summed E-state index contributed by atoms with van der Waals surface area (Å²) in [6.07, 6.45) is 3.48. The van der Waals surface area contributed by atoms with Crippen molar-refractivity contribution < 1.29 is 14.6 Å². The third-order valence-corrected chi connectivity index (χ3v) is 5.36. The minimum atomic E-state index is -0.986. The summed E-state index contributed by atoms with van der Waals surface area (Å²) >= 11 is 1.87. The van der Waals surface area contributed by atoms with Crippen LogP contribution >= 0.6 is 11.8 Å². The average molecular weight is 245 g/mol. The van der Waals surface area contributed by atoms with Gasteiger partial charge in [0.15, 0.2) is 0 Å². The fourth-order valence-electron chi connectivity index (χ4n) is 2.48. The SMILES string of the molecule is CC1OCCC1SC1CCC(N)(C(=O)O)C1. The molecule has 0 bridgehead atoms. The van der Waals surface area contributed by atoms with E-state index >= 15 is 0 Å². The van der Waals surface area contributed by atoms with Gasteiger partial charge in [-0.05, 0) is 32.6 Å². The van der Waals surface area contributed by atoms with E-state index < -0.39 is 11.5 Å². The highest BCUT2D eigenvalue weighted by Gasteiger charge is 2.43. The first kappa shape index (κ1) is 12.2. The molecule has 5 heteroatoms. The number of aliphatic carboxylic acids is 1. The van der Waals surface area contributed by atoms with E-state index in [1.165, 1.54) is 0 Å². The van der Waals surface area contributed by atoms with Gasteiger partial charge in [-0.2, -0.15) is 11.8 Å². The number of carboxylic acids is 1. The maximum Gasteiger partial charge on any atom is 0.323 e. The van der Waals surface area contributed by atoms with Gasteiger partial charge in [-0.25, -0.2) is 0 Å². The molecule has 2 aliphatic rings. The number of ether oxygens (including phenoxy) is 1. The Morgan fingerprint density at radius 1 is 1.56 bits per heavy atom. The van der Waals surface area contributed by atoms with Crippen molar-refractivity contribution in [3.05, 3.63) is 0 Å². The zero-order valence-corrected chi connectivity index (χ0v) is 10.3. The van der Waals surface area contributed by atoms with Crippen LogP contribution in [0, 0.1) is 0 Å². The van der Waals surface area contributed by atoms with Gasteiger partial charge in [-0.3, -0.25) is 4.79 Å². The Morgan fingerprint density at radius 3 is 2.81 bits per heavy atom. The number of nitrogens with two attached hydrogens (primary N) is 1. The molecule has 0 radical (unpaired) electrons. The van der Waals surface area contributed by atoms with E-state index in [2.05, 4.69) is 6.92 Å². The van der Waals surface area contributed by atoms with Crippen LogP contribution in [0.25, 0.3) is 0 Å². The molecule has 3 N–H and O–H groups in total. The molecule has 1 heterocycles. The van der Waals surface area contributed by atoms with Gasteiger partial charge in [0.25, 0.3) is 0 Å². The van der Waals surface area contributed by atoms with Crippen LogP contribution in [0.4, 0.5) is 0 Å². The second kappa shape index (κ2) is 4.55. The predicted octanol–water partition coefficient (Wildman–Crippen LogP) is 1.23. The summed E-state index contributed by atoms with van der Waals surface area (Å²) in [5.74, 6) is -0.855. The third kappa shape index (κ3) is 2.36. The van der Waals surface area contributed by atoms with Crippen LogP contribution in [0.5, 0.6) is 0 Å². The number of hydrogen-bond acceptors (Lipinski definition) is 4. The second-order valence-electron chi connectivity index (χ2n) is 4.87. The Kier molecular flexibility index (Phi) is 3.47. The van der Waals surface area contributed by atoms with Crippen molar-refractivity contribution in [2.45, 2.75) is 54.7 Å². The van der Waals surface area contributed by atoms with Crippen LogP contribution in [-0.2, 0) is 9.53 Å². The Bertz CT molecular complexity index is 286. The highest BCUT2D eigenvalue weighted by Crippen LogP contribution is 2.40. The van der Waals surface area contributed by atoms with Crippen LogP contribution in [0.1, 0.15) is 32.6 Å². The molecule has 1 aliphatic heterocycles. The van der Waals surface area contributed by atoms with Crippen molar-refractivity contribution >= 4 is 17.7 Å². The summed E-state index contributed by atoms with van der Waals surface area (Å²) < 4.78 is 5.51. The average Bonchev–Trinajstić information content (AvgIpc) is 2.77. The zero-order valence-electron chi connectivity index (χ0n) is 9.52. The first-order chi connectivity index (χ1) is 7.51. The fourth-order valence-corrected chi connectivity index (χ4v) is 4.15. The standard InChI is InChI=1S/C11H19NO3S/c1-7-9(3-5-15-7)16-8-2-4-11(12,6-8)10(13)14/h7-9H,2-6,12H2,1H3,(H,13,14). The smallest absolute Gasteiger partial charge is 0.323 e. The summed E-state index contributed by atoms with van der Waals surface area (Å²) in [6, 6.07) is 0. The van der Waals surface area contributed by atoms with Crippen LogP contribution in [0.3, 0.4) is 0 Å². The Labute approximate surface area is 99.9 Å². The van der Waals surface area contributed by atoms with Gasteiger partial charge in [0.05, 0.1) is 6.10 Å². The lowest BCUT2D eigenvalue weighted by Crippen LogP contribution is -2.45. The second-order valence-corrected chi connectivity index (χ2v) is 6.41. The van der Waals surface area contributed by atoms with Crippen molar-refractivity contribution in [3.63, 3.8) is 0 Å². The van der Waals surface area contributed by atoms with E-state index in [0.29, 0.717) is 29.4 Å². The van der Waals surface area contributed by atoms with Crippen LogP contribution in [-0.4, -0.2) is 39.8 Å². The largest absolute Gasteiger partial charge is 0.480 e. The van der Waals surface area contributed by atoms with Gasteiger partial charge in [0.2, 0.25) is 0 Å². The minimum absolute atomic E-state index is 0.294. The number of carbonyl (C=O) groups is 1. The summed E-state index contributed by atoms with van der Waals surface area (Å²) in [5, 5.41) is 9.94. The molecule has 1 saturated heterocycles. The molecular formula is C11H19NO3S. The van der Waals surface area contributed by atoms with E-state index in [-0.39, 0.29) is 0 Å². The number of carboxylic acid groups (broad SMARTS) is 1. The lowest BCUT2D eigenvalue weighted by molar-refractivity contribution is -0.143. The molecule has 4 unspecified atom stereocenters. The normalized spacial score (nSPS) is 43.8. The predicted molar refractivity (Wildman–Crippen MR) is 63.6 cm³/mol. The molecule has 0 spiro atoms. The van der Waals surface area contributed by atoms with Gasteiger partial charge in [0.1, 0.15) is 5.54 Å².